The molecule has 2 aromatic rings. The van der Waals surface area contributed by atoms with Crippen LogP contribution in [0.5, 0.6) is 5.75 Å². The van der Waals surface area contributed by atoms with Crippen molar-refractivity contribution in [2.24, 2.45) is 0 Å². The van der Waals surface area contributed by atoms with Crippen LogP contribution >= 0.6 is 11.8 Å². The first-order valence-corrected chi connectivity index (χ1v) is 13.1. The summed E-state index contributed by atoms with van der Waals surface area (Å²) < 4.78 is 6.36. The van der Waals surface area contributed by atoms with Crippen LogP contribution in [0.15, 0.2) is 18.5 Å². The molecule has 4 aliphatic rings. The number of hydrogen-bond acceptors (Lipinski definition) is 8. The molecule has 0 aliphatic carbocycles. The molecular formula is C24H32N6OS. The van der Waals surface area contributed by atoms with Crippen LogP contribution in [-0.4, -0.2) is 71.7 Å². The standard InChI is InChI=1S/C24H32N6OS/c1-16-10-18(17-2-4-29(5-3-17)19-12-25-13-19)11-21-22(16)31-14-20-23(28-21)26-15-27-24(20)30-6-8-32-9-7-30/h10-11,15,17,19,25H,2-9,12-14H2,1H3,(H,26,27,28). The molecule has 0 spiro atoms. The zero-order valence-corrected chi connectivity index (χ0v) is 19.6. The number of likely N-dealkylation sites (tertiary alicyclic amines) is 1. The molecule has 170 valence electrons. The van der Waals surface area contributed by atoms with Crippen molar-refractivity contribution in [3.8, 4) is 5.75 Å². The molecule has 3 fully saturated rings. The number of aromatic nitrogens is 2. The van der Waals surface area contributed by atoms with E-state index < -0.39 is 0 Å². The lowest BCUT2D eigenvalue weighted by atomic mass is 9.87. The fourth-order valence-corrected chi connectivity index (χ4v) is 6.32. The van der Waals surface area contributed by atoms with Gasteiger partial charge in [0.2, 0.25) is 0 Å². The third-order valence-corrected chi connectivity index (χ3v) is 8.36. The Kier molecular flexibility index (Phi) is 5.61. The van der Waals surface area contributed by atoms with Crippen LogP contribution in [-0.2, 0) is 6.61 Å². The van der Waals surface area contributed by atoms with Gasteiger partial charge >= 0.3 is 0 Å². The van der Waals surface area contributed by atoms with Gasteiger partial charge in [0.1, 0.15) is 30.3 Å². The van der Waals surface area contributed by atoms with E-state index in [4.69, 9.17) is 4.74 Å². The number of rotatable bonds is 3. The van der Waals surface area contributed by atoms with Crippen molar-refractivity contribution in [3.63, 3.8) is 0 Å². The van der Waals surface area contributed by atoms with Crippen molar-refractivity contribution in [2.75, 3.05) is 61.0 Å². The summed E-state index contributed by atoms with van der Waals surface area (Å²) in [7, 11) is 0. The fourth-order valence-electron chi connectivity index (χ4n) is 5.41. The maximum atomic E-state index is 6.36. The molecule has 0 atom stereocenters. The lowest BCUT2D eigenvalue weighted by Crippen LogP contribution is -2.58. The normalized spacial score (nSPS) is 22.2. The molecule has 4 aliphatic heterocycles. The maximum Gasteiger partial charge on any atom is 0.146 e. The van der Waals surface area contributed by atoms with Crippen LogP contribution in [0.4, 0.5) is 17.3 Å². The number of benzene rings is 1. The highest BCUT2D eigenvalue weighted by atomic mass is 32.2. The minimum atomic E-state index is 0.503. The molecule has 0 radical (unpaired) electrons. The number of fused-ring (bicyclic) bond motifs is 2. The highest BCUT2D eigenvalue weighted by Crippen LogP contribution is 2.41. The zero-order chi connectivity index (χ0) is 21.5. The molecule has 5 heterocycles. The van der Waals surface area contributed by atoms with Crippen LogP contribution in [0.1, 0.15) is 35.4 Å². The van der Waals surface area contributed by atoms with Gasteiger partial charge in [-0.15, -0.1) is 0 Å². The number of nitrogens with zero attached hydrogens (tertiary/aromatic N) is 4. The van der Waals surface area contributed by atoms with E-state index in [1.165, 1.54) is 37.1 Å². The van der Waals surface area contributed by atoms with E-state index >= 15 is 0 Å². The molecule has 3 saturated heterocycles. The summed E-state index contributed by atoms with van der Waals surface area (Å²) in [6.07, 6.45) is 4.15. The number of aryl methyl sites for hydroxylation is 1. The number of nitrogens with one attached hydrogen (secondary N) is 2. The van der Waals surface area contributed by atoms with Gasteiger partial charge in [0.25, 0.3) is 0 Å². The summed E-state index contributed by atoms with van der Waals surface area (Å²) >= 11 is 2.01. The highest BCUT2D eigenvalue weighted by Gasteiger charge is 2.30. The molecule has 1 aromatic heterocycles. The van der Waals surface area contributed by atoms with Gasteiger partial charge in [0.05, 0.1) is 11.3 Å². The number of hydrogen-bond donors (Lipinski definition) is 2. The van der Waals surface area contributed by atoms with Gasteiger partial charge in [-0.05, 0) is 56.0 Å². The van der Waals surface area contributed by atoms with E-state index in [0.29, 0.717) is 12.5 Å². The zero-order valence-electron chi connectivity index (χ0n) is 18.8. The summed E-state index contributed by atoms with van der Waals surface area (Å²) in [5.74, 6) is 5.75. The quantitative estimate of drug-likeness (QED) is 0.737. The Morgan fingerprint density at radius 3 is 2.62 bits per heavy atom. The number of piperidine rings is 1. The minimum Gasteiger partial charge on any atom is -0.486 e. The smallest absolute Gasteiger partial charge is 0.146 e. The Morgan fingerprint density at radius 2 is 1.88 bits per heavy atom. The molecule has 1 aromatic carbocycles. The Bertz CT molecular complexity index is 983. The molecule has 0 unspecified atom stereocenters. The molecule has 8 heteroatoms. The maximum absolute atomic E-state index is 6.36. The van der Waals surface area contributed by atoms with Crippen molar-refractivity contribution in [1.29, 1.82) is 0 Å². The van der Waals surface area contributed by atoms with Gasteiger partial charge in [-0.3, -0.25) is 4.90 Å². The van der Waals surface area contributed by atoms with E-state index in [-0.39, 0.29) is 0 Å². The Morgan fingerprint density at radius 1 is 1.06 bits per heavy atom. The summed E-state index contributed by atoms with van der Waals surface area (Å²) in [4.78, 5) is 14.3. The predicted molar refractivity (Wildman–Crippen MR) is 131 cm³/mol. The van der Waals surface area contributed by atoms with Gasteiger partial charge in [-0.25, -0.2) is 9.97 Å². The molecule has 6 rings (SSSR count). The third-order valence-electron chi connectivity index (χ3n) is 7.42. The number of ether oxygens (including phenoxy) is 1. The van der Waals surface area contributed by atoms with E-state index in [0.717, 1.165) is 72.4 Å². The van der Waals surface area contributed by atoms with Crippen molar-refractivity contribution in [1.82, 2.24) is 20.2 Å². The molecule has 32 heavy (non-hydrogen) atoms. The van der Waals surface area contributed by atoms with E-state index in [1.807, 2.05) is 11.8 Å². The van der Waals surface area contributed by atoms with Crippen molar-refractivity contribution < 1.29 is 4.74 Å². The first kappa shape index (κ1) is 20.6. The molecule has 0 amide bonds. The largest absolute Gasteiger partial charge is 0.486 e. The Hall–Kier alpha value is -2.03. The van der Waals surface area contributed by atoms with Gasteiger partial charge in [0, 0.05) is 43.7 Å². The average molecular weight is 453 g/mol. The van der Waals surface area contributed by atoms with Gasteiger partial charge < -0.3 is 20.3 Å². The average Bonchev–Trinajstić information content (AvgIpc) is 2.98. The molecular weight excluding hydrogens is 420 g/mol. The van der Waals surface area contributed by atoms with Crippen LogP contribution in [0.2, 0.25) is 0 Å². The summed E-state index contributed by atoms with van der Waals surface area (Å²) in [6, 6.07) is 5.40. The molecule has 0 saturated carbocycles. The molecule has 7 nitrogen and oxygen atoms in total. The summed E-state index contributed by atoms with van der Waals surface area (Å²) in [5.41, 5.74) is 4.74. The van der Waals surface area contributed by atoms with Crippen LogP contribution < -0.4 is 20.3 Å². The fraction of sp³-hybridized carbons (Fsp3) is 0.583. The van der Waals surface area contributed by atoms with Crippen LogP contribution in [0.3, 0.4) is 0 Å². The van der Waals surface area contributed by atoms with E-state index in [1.54, 1.807) is 6.33 Å². The SMILES string of the molecule is Cc1cc(C2CCN(C3CNC3)CC2)cc2c1OCc1c(ncnc1N1CCSCC1)N2. The Balaban J connectivity index is 1.25. The second-order valence-corrected chi connectivity index (χ2v) is 10.6. The van der Waals surface area contributed by atoms with Gasteiger partial charge in [-0.1, -0.05) is 6.07 Å². The third kappa shape index (κ3) is 3.82. The molecule has 2 N–H and O–H groups in total. The first-order chi connectivity index (χ1) is 15.8. The molecule has 0 bridgehead atoms. The topological polar surface area (TPSA) is 65.5 Å². The van der Waals surface area contributed by atoms with Gasteiger partial charge in [0.15, 0.2) is 0 Å². The minimum absolute atomic E-state index is 0.503. The number of anilines is 3. The second-order valence-electron chi connectivity index (χ2n) is 9.37. The highest BCUT2D eigenvalue weighted by molar-refractivity contribution is 7.99. The Labute approximate surface area is 194 Å². The van der Waals surface area contributed by atoms with E-state index in [2.05, 4.69) is 49.5 Å². The second kappa shape index (κ2) is 8.72. The monoisotopic (exact) mass is 452 g/mol. The predicted octanol–water partition coefficient (Wildman–Crippen LogP) is 3.13. The first-order valence-electron chi connectivity index (χ1n) is 11.9. The van der Waals surface area contributed by atoms with Crippen molar-refractivity contribution in [3.05, 3.63) is 35.2 Å². The van der Waals surface area contributed by atoms with Gasteiger partial charge in [-0.2, -0.15) is 11.8 Å². The van der Waals surface area contributed by atoms with Crippen LogP contribution in [0, 0.1) is 6.92 Å². The summed E-state index contributed by atoms with van der Waals surface area (Å²) in [6.45, 7) is 9.44. The van der Waals surface area contributed by atoms with Crippen LogP contribution in [0.25, 0.3) is 0 Å². The van der Waals surface area contributed by atoms with Crippen molar-refractivity contribution in [2.45, 2.75) is 38.3 Å². The summed E-state index contributed by atoms with van der Waals surface area (Å²) in [5, 5.41) is 7.03. The van der Waals surface area contributed by atoms with Crippen molar-refractivity contribution >= 4 is 29.1 Å². The number of thioether (sulfide) groups is 1. The lowest BCUT2D eigenvalue weighted by molar-refractivity contribution is 0.113. The lowest BCUT2D eigenvalue weighted by Gasteiger charge is -2.42. The van der Waals surface area contributed by atoms with E-state index in [9.17, 15) is 0 Å².